The third-order valence-electron chi connectivity index (χ3n) is 5.30. The van der Waals surface area contributed by atoms with E-state index in [1.54, 1.807) is 11.8 Å². The molecule has 0 atom stereocenters. The van der Waals surface area contributed by atoms with Crippen LogP contribution in [0.4, 0.5) is 15.8 Å². The monoisotopic (exact) mass is 552 g/mol. The first kappa shape index (κ1) is 26.8. The number of sulfonamides is 1. The minimum atomic E-state index is -4.41. The summed E-state index contributed by atoms with van der Waals surface area (Å²) in [5.74, 6) is -0.724. The molecule has 4 rings (SSSR count). The number of rotatable bonds is 10. The molecule has 0 aliphatic rings. The van der Waals surface area contributed by atoms with Crippen molar-refractivity contribution in [3.8, 4) is 11.3 Å². The van der Waals surface area contributed by atoms with Crippen LogP contribution in [0.25, 0.3) is 11.3 Å². The first-order valence-electron chi connectivity index (χ1n) is 11.2. The maximum atomic E-state index is 13.1. The number of nitrogens with zero attached hydrogens (tertiary/aromatic N) is 2. The van der Waals surface area contributed by atoms with Gasteiger partial charge in [0.15, 0.2) is 0 Å². The topological polar surface area (TPSA) is 131 Å². The smallest absolute Gasteiger partial charge is 0.293 e. The van der Waals surface area contributed by atoms with Gasteiger partial charge in [-0.1, -0.05) is 18.2 Å². The van der Waals surface area contributed by atoms with Crippen LogP contribution in [-0.4, -0.2) is 36.5 Å². The van der Waals surface area contributed by atoms with Crippen molar-refractivity contribution in [2.45, 2.75) is 9.79 Å². The number of thioether (sulfide) groups is 1. The number of nitro benzene ring substituents is 1. The van der Waals surface area contributed by atoms with E-state index >= 15 is 0 Å². The largest absolute Gasteiger partial charge is 0.379 e. The highest BCUT2D eigenvalue weighted by molar-refractivity contribution is 7.99. The van der Waals surface area contributed by atoms with E-state index < -0.39 is 37.3 Å². The summed E-state index contributed by atoms with van der Waals surface area (Å²) in [6.07, 6.45) is 1.19. The fourth-order valence-electron chi connectivity index (χ4n) is 3.41. The summed E-state index contributed by atoms with van der Waals surface area (Å²) in [6, 6.07) is 21.5. The number of carbonyl (C=O) groups excluding carboxylic acids is 1. The lowest BCUT2D eigenvalue weighted by Crippen LogP contribution is -2.30. The van der Waals surface area contributed by atoms with Crippen LogP contribution in [0.5, 0.6) is 0 Å². The number of pyridine rings is 1. The van der Waals surface area contributed by atoms with Crippen LogP contribution in [0.15, 0.2) is 101 Å². The number of nitrogens with one attached hydrogen (secondary N) is 2. The second-order valence-electron chi connectivity index (χ2n) is 7.90. The molecule has 0 aliphatic heterocycles. The van der Waals surface area contributed by atoms with Crippen molar-refractivity contribution >= 4 is 39.1 Å². The van der Waals surface area contributed by atoms with Crippen LogP contribution in [-0.2, 0) is 10.0 Å². The highest BCUT2D eigenvalue weighted by atomic mass is 32.2. The van der Waals surface area contributed by atoms with E-state index in [4.69, 9.17) is 0 Å². The minimum absolute atomic E-state index is 0.0388. The van der Waals surface area contributed by atoms with Crippen molar-refractivity contribution in [3.63, 3.8) is 0 Å². The van der Waals surface area contributed by atoms with Crippen LogP contribution >= 0.6 is 11.8 Å². The van der Waals surface area contributed by atoms with Crippen molar-refractivity contribution in [2.75, 3.05) is 17.6 Å². The zero-order valence-electron chi connectivity index (χ0n) is 19.7. The van der Waals surface area contributed by atoms with Crippen molar-refractivity contribution in [2.24, 2.45) is 0 Å². The quantitative estimate of drug-likeness (QED) is 0.120. The van der Waals surface area contributed by atoms with Crippen LogP contribution in [0.3, 0.4) is 0 Å². The lowest BCUT2D eigenvalue weighted by atomic mass is 10.1. The second-order valence-corrected chi connectivity index (χ2v) is 10.7. The van der Waals surface area contributed by atoms with Gasteiger partial charge in [-0.15, -0.1) is 11.8 Å². The Morgan fingerprint density at radius 3 is 2.39 bits per heavy atom. The summed E-state index contributed by atoms with van der Waals surface area (Å²) in [5.41, 5.74) is 0.768. The predicted molar refractivity (Wildman–Crippen MR) is 143 cm³/mol. The number of anilines is 1. The van der Waals surface area contributed by atoms with Crippen LogP contribution < -0.4 is 10.0 Å². The Bertz CT molecular complexity index is 1550. The molecule has 194 valence electrons. The first-order valence-corrected chi connectivity index (χ1v) is 13.7. The van der Waals surface area contributed by atoms with Gasteiger partial charge < -0.3 is 5.32 Å². The van der Waals surface area contributed by atoms with Gasteiger partial charge in [0, 0.05) is 35.0 Å². The van der Waals surface area contributed by atoms with Crippen LogP contribution in [0.1, 0.15) is 10.4 Å². The second kappa shape index (κ2) is 11.8. The van der Waals surface area contributed by atoms with E-state index in [0.29, 0.717) is 23.6 Å². The van der Waals surface area contributed by atoms with Gasteiger partial charge in [0.2, 0.25) is 0 Å². The van der Waals surface area contributed by atoms with Crippen molar-refractivity contribution < 1.29 is 22.5 Å². The average molecular weight is 553 g/mol. The molecule has 0 bridgehead atoms. The number of carbonyl (C=O) groups is 1. The molecule has 0 spiro atoms. The molecule has 1 amide bonds. The number of hydrogen-bond acceptors (Lipinski definition) is 8. The van der Waals surface area contributed by atoms with E-state index in [9.17, 15) is 27.7 Å². The molecule has 4 aromatic rings. The van der Waals surface area contributed by atoms with E-state index in [2.05, 4.69) is 10.3 Å². The third-order valence-corrected chi connectivity index (χ3v) is 7.64. The van der Waals surface area contributed by atoms with Crippen molar-refractivity contribution in [3.05, 3.63) is 113 Å². The van der Waals surface area contributed by atoms with Gasteiger partial charge in [-0.2, -0.15) is 0 Å². The Balaban J connectivity index is 1.43. The predicted octanol–water partition coefficient (Wildman–Crippen LogP) is 5.12. The fraction of sp³-hybridized carbons (Fsp3) is 0.0769. The summed E-state index contributed by atoms with van der Waals surface area (Å²) in [7, 11) is -4.41. The summed E-state index contributed by atoms with van der Waals surface area (Å²) in [4.78, 5) is 28.3. The minimum Gasteiger partial charge on any atom is -0.379 e. The maximum Gasteiger partial charge on any atom is 0.293 e. The normalized spacial score (nSPS) is 11.1. The van der Waals surface area contributed by atoms with Gasteiger partial charge >= 0.3 is 0 Å². The maximum absolute atomic E-state index is 13.1. The molecule has 2 N–H and O–H groups in total. The van der Waals surface area contributed by atoms with Crippen LogP contribution in [0.2, 0.25) is 0 Å². The van der Waals surface area contributed by atoms with Crippen LogP contribution in [0, 0.1) is 15.9 Å². The molecule has 3 aromatic carbocycles. The Labute approximate surface area is 222 Å². The molecule has 12 heteroatoms. The number of halogens is 1. The van der Waals surface area contributed by atoms with E-state index in [-0.39, 0.29) is 11.3 Å². The standard InChI is InChI=1S/C26H21FN4O5S2/c27-20-9-6-18(7-10-20)23-12-8-19(17-29-23)26(32)30-38(35,36)22-11-13-24(25(16-22)31(33)34)28-14-15-37-21-4-2-1-3-5-21/h1-13,16-17,28H,14-15H2,(H,30,32). The lowest BCUT2D eigenvalue weighted by molar-refractivity contribution is -0.384. The van der Waals surface area contributed by atoms with Crippen molar-refractivity contribution in [1.29, 1.82) is 0 Å². The van der Waals surface area contributed by atoms with Gasteiger partial charge in [0.05, 0.1) is 21.1 Å². The SMILES string of the molecule is O=C(NS(=O)(=O)c1ccc(NCCSc2ccccc2)c([N+](=O)[O-])c1)c1ccc(-c2ccc(F)cc2)nc1. The number of amides is 1. The molecule has 0 saturated carbocycles. The summed E-state index contributed by atoms with van der Waals surface area (Å²) in [5, 5.41) is 14.6. The molecule has 1 heterocycles. The molecule has 38 heavy (non-hydrogen) atoms. The molecular weight excluding hydrogens is 531 g/mol. The summed E-state index contributed by atoms with van der Waals surface area (Å²) >= 11 is 1.57. The summed E-state index contributed by atoms with van der Waals surface area (Å²) < 4.78 is 40.6. The van der Waals surface area contributed by atoms with Gasteiger partial charge in [0.1, 0.15) is 11.5 Å². The zero-order valence-corrected chi connectivity index (χ0v) is 21.3. The Morgan fingerprint density at radius 1 is 1.00 bits per heavy atom. The highest BCUT2D eigenvalue weighted by Gasteiger charge is 2.24. The molecular formula is C26H21FN4O5S2. The molecule has 9 nitrogen and oxygen atoms in total. The van der Waals surface area contributed by atoms with Crippen molar-refractivity contribution in [1.82, 2.24) is 9.71 Å². The zero-order chi connectivity index (χ0) is 27.1. The van der Waals surface area contributed by atoms with E-state index in [1.165, 1.54) is 54.7 Å². The van der Waals surface area contributed by atoms with Gasteiger partial charge in [0.25, 0.3) is 21.6 Å². The van der Waals surface area contributed by atoms with Gasteiger partial charge in [-0.05, 0) is 60.7 Å². The average Bonchev–Trinajstić information content (AvgIpc) is 2.92. The Kier molecular flexibility index (Phi) is 8.34. The highest BCUT2D eigenvalue weighted by Crippen LogP contribution is 2.28. The number of nitro groups is 1. The molecule has 1 aromatic heterocycles. The summed E-state index contributed by atoms with van der Waals surface area (Å²) in [6.45, 7) is 0.407. The Morgan fingerprint density at radius 2 is 1.74 bits per heavy atom. The number of benzene rings is 3. The molecule has 0 fully saturated rings. The lowest BCUT2D eigenvalue weighted by Gasteiger charge is -2.10. The number of hydrogen-bond donors (Lipinski definition) is 2. The molecule has 0 aliphatic carbocycles. The third kappa shape index (κ3) is 6.72. The Hall–Kier alpha value is -4.29. The molecule has 0 radical (unpaired) electrons. The fourth-order valence-corrected chi connectivity index (χ4v) is 5.19. The van der Waals surface area contributed by atoms with Gasteiger partial charge in [-0.3, -0.25) is 19.9 Å². The van der Waals surface area contributed by atoms with Gasteiger partial charge in [-0.25, -0.2) is 17.5 Å². The molecule has 0 unspecified atom stereocenters. The first-order chi connectivity index (χ1) is 18.2. The molecule has 0 saturated heterocycles. The van der Waals surface area contributed by atoms with E-state index in [0.717, 1.165) is 11.0 Å². The number of aromatic nitrogens is 1. The van der Waals surface area contributed by atoms with E-state index in [1.807, 2.05) is 35.1 Å².